The fourth-order valence-corrected chi connectivity index (χ4v) is 1.58. The molecule has 1 atom stereocenters. The minimum absolute atomic E-state index is 0.0496. The summed E-state index contributed by atoms with van der Waals surface area (Å²) >= 11 is 0. The van der Waals surface area contributed by atoms with Crippen LogP contribution < -0.4 is 5.73 Å². The van der Waals surface area contributed by atoms with Crippen LogP contribution in [0.3, 0.4) is 0 Å². The first-order chi connectivity index (χ1) is 8.56. The molecule has 0 aliphatic heterocycles. The number of carbonyl (C=O) groups is 1. The quantitative estimate of drug-likeness (QED) is 0.469. The predicted molar refractivity (Wildman–Crippen MR) is 66.0 cm³/mol. The second-order valence-electron chi connectivity index (χ2n) is 3.78. The number of nitrogens with zero attached hydrogens (tertiary/aromatic N) is 1. The molecule has 1 aromatic rings. The van der Waals surface area contributed by atoms with Gasteiger partial charge in [-0.15, -0.1) is 0 Å². The third-order valence-corrected chi connectivity index (χ3v) is 2.50. The van der Waals surface area contributed by atoms with E-state index in [4.69, 9.17) is 10.5 Å². The highest BCUT2D eigenvalue weighted by atomic mass is 16.6. The Morgan fingerprint density at radius 1 is 1.50 bits per heavy atom. The Balaban J connectivity index is 2.63. The Morgan fingerprint density at radius 3 is 2.78 bits per heavy atom. The molecule has 1 aromatic carbocycles. The van der Waals surface area contributed by atoms with Crippen LogP contribution in [0.1, 0.15) is 18.9 Å². The first-order valence-electron chi connectivity index (χ1n) is 5.70. The molecule has 1 unspecified atom stereocenters. The van der Waals surface area contributed by atoms with E-state index in [0.717, 1.165) is 0 Å². The van der Waals surface area contributed by atoms with Crippen molar-refractivity contribution in [2.75, 3.05) is 6.61 Å². The Kier molecular flexibility index (Phi) is 5.26. The first kappa shape index (κ1) is 14.1. The molecular weight excluding hydrogens is 236 g/mol. The van der Waals surface area contributed by atoms with Gasteiger partial charge in [0.1, 0.15) is 6.04 Å². The maximum absolute atomic E-state index is 11.3. The number of ether oxygens (including phenoxy) is 1. The zero-order chi connectivity index (χ0) is 13.5. The lowest BCUT2D eigenvalue weighted by molar-refractivity contribution is -0.385. The molecule has 98 valence electrons. The largest absolute Gasteiger partial charge is 0.465 e. The van der Waals surface area contributed by atoms with Gasteiger partial charge < -0.3 is 10.5 Å². The number of para-hydroxylation sites is 1. The molecule has 0 fully saturated rings. The van der Waals surface area contributed by atoms with Crippen molar-refractivity contribution in [1.29, 1.82) is 0 Å². The van der Waals surface area contributed by atoms with Gasteiger partial charge in [0.25, 0.3) is 5.69 Å². The van der Waals surface area contributed by atoms with E-state index in [1.165, 1.54) is 6.07 Å². The highest BCUT2D eigenvalue weighted by Crippen LogP contribution is 2.19. The van der Waals surface area contributed by atoms with Crippen LogP contribution in [0.15, 0.2) is 24.3 Å². The number of rotatable bonds is 6. The number of aryl methyl sites for hydroxylation is 1. The third kappa shape index (κ3) is 3.81. The fraction of sp³-hybridized carbons (Fsp3) is 0.417. The van der Waals surface area contributed by atoms with Crippen LogP contribution in [0.4, 0.5) is 5.69 Å². The van der Waals surface area contributed by atoms with Crippen LogP contribution in [0.2, 0.25) is 0 Å². The monoisotopic (exact) mass is 252 g/mol. The van der Waals surface area contributed by atoms with E-state index in [9.17, 15) is 14.9 Å². The van der Waals surface area contributed by atoms with E-state index in [1.807, 2.05) is 0 Å². The average Bonchev–Trinajstić information content (AvgIpc) is 2.36. The van der Waals surface area contributed by atoms with Gasteiger partial charge in [-0.05, 0) is 19.8 Å². The van der Waals surface area contributed by atoms with Gasteiger partial charge in [-0.2, -0.15) is 0 Å². The van der Waals surface area contributed by atoms with Gasteiger partial charge >= 0.3 is 5.97 Å². The summed E-state index contributed by atoms with van der Waals surface area (Å²) in [5.74, 6) is -0.476. The molecule has 1 rings (SSSR count). The highest BCUT2D eigenvalue weighted by Gasteiger charge is 2.17. The summed E-state index contributed by atoms with van der Waals surface area (Å²) in [6.07, 6.45) is 0.695. The van der Waals surface area contributed by atoms with Crippen molar-refractivity contribution >= 4 is 11.7 Å². The normalized spacial score (nSPS) is 11.9. The number of benzene rings is 1. The molecule has 0 radical (unpaired) electrons. The standard InChI is InChI=1S/C12H16N2O4/c1-2-18-12(15)10(13)8-7-9-5-3-4-6-11(9)14(16)17/h3-6,10H,2,7-8,13H2,1H3. The Morgan fingerprint density at radius 2 is 2.17 bits per heavy atom. The van der Waals surface area contributed by atoms with Crippen LogP contribution >= 0.6 is 0 Å². The summed E-state index contributed by atoms with van der Waals surface area (Å²) in [6, 6.07) is 5.68. The van der Waals surface area contributed by atoms with E-state index >= 15 is 0 Å². The van der Waals surface area contributed by atoms with Crippen LogP contribution in [-0.4, -0.2) is 23.5 Å². The number of esters is 1. The summed E-state index contributed by atoms with van der Waals surface area (Å²) in [7, 11) is 0. The minimum Gasteiger partial charge on any atom is -0.465 e. The van der Waals surface area contributed by atoms with Crippen molar-refractivity contribution in [3.05, 3.63) is 39.9 Å². The van der Waals surface area contributed by atoms with Crippen molar-refractivity contribution in [2.24, 2.45) is 5.73 Å². The molecule has 0 aliphatic carbocycles. The SMILES string of the molecule is CCOC(=O)C(N)CCc1ccccc1[N+](=O)[O-]. The summed E-state index contributed by atoms with van der Waals surface area (Å²) in [6.45, 7) is 1.98. The van der Waals surface area contributed by atoms with Gasteiger partial charge in [0.2, 0.25) is 0 Å². The van der Waals surface area contributed by atoms with E-state index in [-0.39, 0.29) is 12.3 Å². The second kappa shape index (κ2) is 6.70. The van der Waals surface area contributed by atoms with Crippen molar-refractivity contribution < 1.29 is 14.5 Å². The first-order valence-corrected chi connectivity index (χ1v) is 5.70. The number of nitrogens with two attached hydrogens (primary N) is 1. The maximum atomic E-state index is 11.3. The molecule has 0 saturated carbocycles. The summed E-state index contributed by atoms with van der Waals surface area (Å²) in [5, 5.41) is 10.8. The van der Waals surface area contributed by atoms with Crippen LogP contribution in [0.25, 0.3) is 0 Å². The van der Waals surface area contributed by atoms with Crippen molar-refractivity contribution in [3.8, 4) is 0 Å². The van der Waals surface area contributed by atoms with Crippen LogP contribution in [0, 0.1) is 10.1 Å². The average molecular weight is 252 g/mol. The maximum Gasteiger partial charge on any atom is 0.322 e. The molecule has 0 saturated heterocycles. The molecular formula is C12H16N2O4. The Labute approximate surface area is 105 Å². The molecule has 0 spiro atoms. The van der Waals surface area contributed by atoms with Gasteiger partial charge in [0.15, 0.2) is 0 Å². The number of carbonyl (C=O) groups excluding carboxylic acids is 1. The number of hydrogen-bond acceptors (Lipinski definition) is 5. The van der Waals surface area contributed by atoms with Crippen molar-refractivity contribution in [1.82, 2.24) is 0 Å². The molecule has 2 N–H and O–H groups in total. The van der Waals surface area contributed by atoms with Gasteiger partial charge in [-0.1, -0.05) is 18.2 Å². The fourth-order valence-electron chi connectivity index (χ4n) is 1.58. The molecule has 0 aliphatic rings. The highest BCUT2D eigenvalue weighted by molar-refractivity contribution is 5.75. The van der Waals surface area contributed by atoms with Crippen LogP contribution in [0.5, 0.6) is 0 Å². The minimum atomic E-state index is -0.746. The second-order valence-corrected chi connectivity index (χ2v) is 3.78. The van der Waals surface area contributed by atoms with Gasteiger partial charge in [-0.25, -0.2) is 0 Å². The zero-order valence-electron chi connectivity index (χ0n) is 10.2. The molecule has 6 nitrogen and oxygen atoms in total. The number of nitro groups is 1. The molecule has 18 heavy (non-hydrogen) atoms. The lowest BCUT2D eigenvalue weighted by atomic mass is 10.0. The summed E-state index contributed by atoms with van der Waals surface area (Å²) in [5.41, 5.74) is 6.25. The molecule has 6 heteroatoms. The molecule has 0 heterocycles. The van der Waals surface area contributed by atoms with Crippen LogP contribution in [-0.2, 0) is 16.0 Å². The predicted octanol–water partition coefficient (Wildman–Crippen LogP) is 1.42. The summed E-state index contributed by atoms with van der Waals surface area (Å²) < 4.78 is 4.77. The van der Waals surface area contributed by atoms with Gasteiger partial charge in [0, 0.05) is 11.6 Å². The van der Waals surface area contributed by atoms with E-state index in [2.05, 4.69) is 0 Å². The van der Waals surface area contributed by atoms with E-state index < -0.39 is 16.9 Å². The lowest BCUT2D eigenvalue weighted by Gasteiger charge is -2.10. The van der Waals surface area contributed by atoms with Gasteiger partial charge in [0.05, 0.1) is 11.5 Å². The lowest BCUT2D eigenvalue weighted by Crippen LogP contribution is -2.32. The third-order valence-electron chi connectivity index (χ3n) is 2.50. The van der Waals surface area contributed by atoms with E-state index in [1.54, 1.807) is 25.1 Å². The van der Waals surface area contributed by atoms with Crippen molar-refractivity contribution in [2.45, 2.75) is 25.8 Å². The summed E-state index contributed by atoms with van der Waals surface area (Å²) in [4.78, 5) is 21.6. The zero-order valence-corrected chi connectivity index (χ0v) is 10.2. The number of hydrogen-bond donors (Lipinski definition) is 1. The molecule has 0 bridgehead atoms. The van der Waals surface area contributed by atoms with Crippen molar-refractivity contribution in [3.63, 3.8) is 0 Å². The molecule has 0 aromatic heterocycles. The smallest absolute Gasteiger partial charge is 0.322 e. The van der Waals surface area contributed by atoms with Gasteiger partial charge in [-0.3, -0.25) is 14.9 Å². The van der Waals surface area contributed by atoms with E-state index in [0.29, 0.717) is 18.4 Å². The Bertz CT molecular complexity index is 434. The Hall–Kier alpha value is -1.95. The topological polar surface area (TPSA) is 95.5 Å². The molecule has 0 amide bonds. The number of nitro benzene ring substituents is 1.